The summed E-state index contributed by atoms with van der Waals surface area (Å²) in [6.07, 6.45) is 0. The summed E-state index contributed by atoms with van der Waals surface area (Å²) in [5.74, 6) is 0. The van der Waals surface area contributed by atoms with Crippen LogP contribution in [-0.4, -0.2) is 13.4 Å². The molecule has 0 aromatic carbocycles. The fourth-order valence-corrected chi connectivity index (χ4v) is 0.256. The summed E-state index contributed by atoms with van der Waals surface area (Å²) in [6, 6.07) is 0. The van der Waals surface area contributed by atoms with Gasteiger partial charge in [0, 0.05) is 0 Å². The van der Waals surface area contributed by atoms with E-state index in [0.29, 0.717) is 10.7 Å². The van der Waals surface area contributed by atoms with Crippen LogP contribution in [0.3, 0.4) is 0 Å². The number of hydrogen-bond donors (Lipinski definition) is 1. The third-order valence-electron chi connectivity index (χ3n) is 0.711. The smallest absolute Gasteiger partial charge is 0.113 e. The highest BCUT2D eigenvalue weighted by molar-refractivity contribution is 7.84. The average molecular weight is 128 g/mol. The first-order valence-electron chi connectivity index (χ1n) is 2.05. The molecule has 8 heavy (non-hydrogen) atoms. The van der Waals surface area contributed by atoms with Crippen molar-refractivity contribution in [3.63, 3.8) is 0 Å². The first-order chi connectivity index (χ1) is 3.72. The molecule has 0 saturated heterocycles. The maximum absolute atomic E-state index is 3.92. The summed E-state index contributed by atoms with van der Waals surface area (Å²) in [6.45, 7) is 8.31. The lowest BCUT2D eigenvalue weighted by Gasteiger charge is -1.89. The number of aliphatic imine (C=N–C) groups is 2. The van der Waals surface area contributed by atoms with Crippen molar-refractivity contribution in [2.24, 2.45) is 9.98 Å². The van der Waals surface area contributed by atoms with E-state index in [1.807, 2.05) is 0 Å². The summed E-state index contributed by atoms with van der Waals surface area (Å²) in [4.78, 5) is 7.10. The molecule has 2 nitrogen and oxygen atoms in total. The standard InChI is InChI=1S/C5H8N2S/c1-4(6-2)5(8)7-3/h8H,2-3H2,1H3/b5-4+. The van der Waals surface area contributed by atoms with Gasteiger partial charge in [-0.1, -0.05) is 0 Å². The highest BCUT2D eigenvalue weighted by Crippen LogP contribution is 2.08. The Hall–Kier alpha value is -0.570. The van der Waals surface area contributed by atoms with Crippen LogP contribution in [0.2, 0.25) is 0 Å². The summed E-state index contributed by atoms with van der Waals surface area (Å²) < 4.78 is 0. The van der Waals surface area contributed by atoms with Gasteiger partial charge in [0.1, 0.15) is 5.03 Å². The molecule has 0 N–H and O–H groups in total. The van der Waals surface area contributed by atoms with E-state index in [1.54, 1.807) is 6.92 Å². The van der Waals surface area contributed by atoms with Gasteiger partial charge in [-0.05, 0) is 20.4 Å². The van der Waals surface area contributed by atoms with E-state index in [-0.39, 0.29) is 0 Å². The fourth-order valence-electron chi connectivity index (χ4n) is 0.185. The Morgan fingerprint density at radius 1 is 1.38 bits per heavy atom. The van der Waals surface area contributed by atoms with Crippen LogP contribution in [0, 0.1) is 0 Å². The summed E-state index contributed by atoms with van der Waals surface area (Å²) in [5, 5.41) is 0.528. The van der Waals surface area contributed by atoms with Crippen LogP contribution in [0.15, 0.2) is 20.7 Å². The van der Waals surface area contributed by atoms with Gasteiger partial charge in [0.05, 0.1) is 5.70 Å². The third-order valence-corrected chi connectivity index (χ3v) is 1.18. The molecule has 0 unspecified atom stereocenters. The minimum Gasteiger partial charge on any atom is -0.267 e. The number of thiol groups is 1. The van der Waals surface area contributed by atoms with Gasteiger partial charge in [-0.25, -0.2) is 0 Å². The molecule has 44 valence electrons. The predicted molar refractivity (Wildman–Crippen MR) is 40.8 cm³/mol. The lowest BCUT2D eigenvalue weighted by Crippen LogP contribution is -1.69. The van der Waals surface area contributed by atoms with Crippen LogP contribution < -0.4 is 0 Å². The molecule has 0 rings (SSSR count). The van der Waals surface area contributed by atoms with E-state index in [0.717, 1.165) is 0 Å². The number of nitrogens with zero attached hydrogens (tertiary/aromatic N) is 2. The Morgan fingerprint density at radius 2 is 1.88 bits per heavy atom. The fraction of sp³-hybridized carbons (Fsp3) is 0.200. The molecule has 0 aliphatic heterocycles. The van der Waals surface area contributed by atoms with Gasteiger partial charge in [0.2, 0.25) is 0 Å². The molecule has 0 amide bonds. The van der Waals surface area contributed by atoms with E-state index < -0.39 is 0 Å². The SMILES string of the molecule is C=N/C(C)=C(/S)N=C. The maximum atomic E-state index is 3.92. The van der Waals surface area contributed by atoms with Crippen molar-refractivity contribution >= 4 is 26.1 Å². The van der Waals surface area contributed by atoms with Crippen molar-refractivity contribution in [3.05, 3.63) is 10.7 Å². The molecule has 0 atom stereocenters. The van der Waals surface area contributed by atoms with Crippen molar-refractivity contribution in [3.8, 4) is 0 Å². The Morgan fingerprint density at radius 3 is 2.00 bits per heavy atom. The summed E-state index contributed by atoms with van der Waals surface area (Å²) in [7, 11) is 0. The Kier molecular flexibility index (Phi) is 3.19. The van der Waals surface area contributed by atoms with Crippen molar-refractivity contribution in [2.45, 2.75) is 6.92 Å². The third kappa shape index (κ3) is 1.93. The van der Waals surface area contributed by atoms with Crippen molar-refractivity contribution < 1.29 is 0 Å². The second kappa shape index (κ2) is 3.43. The van der Waals surface area contributed by atoms with Crippen LogP contribution in [0.5, 0.6) is 0 Å². The van der Waals surface area contributed by atoms with E-state index in [2.05, 4.69) is 36.0 Å². The van der Waals surface area contributed by atoms with Gasteiger partial charge in [-0.2, -0.15) is 0 Å². The molecule has 0 radical (unpaired) electrons. The Balaban J connectivity index is 4.25. The molecule has 0 spiro atoms. The van der Waals surface area contributed by atoms with E-state index in [4.69, 9.17) is 0 Å². The molecule has 0 aromatic rings. The zero-order valence-corrected chi connectivity index (χ0v) is 5.65. The van der Waals surface area contributed by atoms with E-state index in [1.165, 1.54) is 0 Å². The molecule has 0 saturated carbocycles. The van der Waals surface area contributed by atoms with Gasteiger partial charge >= 0.3 is 0 Å². The van der Waals surface area contributed by atoms with E-state index in [9.17, 15) is 0 Å². The van der Waals surface area contributed by atoms with Crippen LogP contribution in [0.4, 0.5) is 0 Å². The van der Waals surface area contributed by atoms with Gasteiger partial charge in [-0.15, -0.1) is 12.6 Å². The molecule has 3 heteroatoms. The summed E-state index contributed by atoms with van der Waals surface area (Å²) in [5.41, 5.74) is 0.698. The van der Waals surface area contributed by atoms with E-state index >= 15 is 0 Å². The summed E-state index contributed by atoms with van der Waals surface area (Å²) >= 11 is 3.92. The topological polar surface area (TPSA) is 24.7 Å². The number of allylic oxidation sites excluding steroid dienone is 1. The molecule has 0 aliphatic rings. The second-order valence-electron chi connectivity index (χ2n) is 1.23. The lowest BCUT2D eigenvalue weighted by molar-refractivity contribution is 1.27. The average Bonchev–Trinajstić information content (AvgIpc) is 1.84. The van der Waals surface area contributed by atoms with Crippen LogP contribution >= 0.6 is 12.6 Å². The van der Waals surface area contributed by atoms with Gasteiger partial charge in [0.25, 0.3) is 0 Å². The zero-order chi connectivity index (χ0) is 6.57. The maximum Gasteiger partial charge on any atom is 0.113 e. The highest BCUT2D eigenvalue weighted by atomic mass is 32.1. The number of rotatable bonds is 2. The quantitative estimate of drug-likeness (QED) is 0.430. The van der Waals surface area contributed by atoms with Gasteiger partial charge < -0.3 is 0 Å². The molecular weight excluding hydrogens is 120 g/mol. The molecule has 0 aromatic heterocycles. The minimum absolute atomic E-state index is 0.528. The van der Waals surface area contributed by atoms with Gasteiger partial charge in [0.15, 0.2) is 0 Å². The Bertz CT molecular complexity index is 121. The minimum atomic E-state index is 0.528. The molecular formula is C5H8N2S. The molecule has 0 bridgehead atoms. The number of hydrogen-bond acceptors (Lipinski definition) is 3. The highest BCUT2D eigenvalue weighted by Gasteiger charge is 1.86. The lowest BCUT2D eigenvalue weighted by atomic mass is 10.6. The van der Waals surface area contributed by atoms with Crippen LogP contribution in [0.25, 0.3) is 0 Å². The Labute approximate surface area is 54.5 Å². The largest absolute Gasteiger partial charge is 0.267 e. The normalized spacial score (nSPS) is 12.2. The van der Waals surface area contributed by atoms with Crippen LogP contribution in [-0.2, 0) is 0 Å². The monoisotopic (exact) mass is 128 g/mol. The first-order valence-corrected chi connectivity index (χ1v) is 2.50. The van der Waals surface area contributed by atoms with Gasteiger partial charge in [-0.3, -0.25) is 9.98 Å². The van der Waals surface area contributed by atoms with Crippen molar-refractivity contribution in [1.82, 2.24) is 0 Å². The second-order valence-corrected chi connectivity index (χ2v) is 1.65. The van der Waals surface area contributed by atoms with Crippen LogP contribution in [0.1, 0.15) is 6.92 Å². The zero-order valence-electron chi connectivity index (χ0n) is 4.76. The van der Waals surface area contributed by atoms with Crippen molar-refractivity contribution in [1.29, 1.82) is 0 Å². The van der Waals surface area contributed by atoms with Crippen molar-refractivity contribution in [2.75, 3.05) is 0 Å². The molecule has 0 heterocycles. The molecule has 0 fully saturated rings. The predicted octanol–water partition coefficient (Wildman–Crippen LogP) is 1.51. The molecule has 0 aliphatic carbocycles. The first kappa shape index (κ1) is 7.43.